The predicted octanol–water partition coefficient (Wildman–Crippen LogP) is 1.54. The number of hydrogen-bond acceptors (Lipinski definition) is 9. The Morgan fingerprint density at radius 2 is 2.03 bits per heavy atom. The van der Waals surface area contributed by atoms with Gasteiger partial charge in [0.1, 0.15) is 46.6 Å². The first-order valence-electron chi connectivity index (χ1n) is 10.7. The third kappa shape index (κ3) is 3.88. The molecule has 0 radical (unpaired) electrons. The maximum Gasteiger partial charge on any atom is 0.229 e. The Balaban J connectivity index is 1.33. The van der Waals surface area contributed by atoms with E-state index in [9.17, 15) is 25.2 Å². The lowest BCUT2D eigenvalue weighted by Crippen LogP contribution is -2.66. The van der Waals surface area contributed by atoms with Gasteiger partial charge in [-0.25, -0.2) is 0 Å². The number of ketones is 1. The second kappa shape index (κ2) is 8.44. The predicted molar refractivity (Wildman–Crippen MR) is 114 cm³/mol. The van der Waals surface area contributed by atoms with Gasteiger partial charge in [-0.05, 0) is 42.3 Å². The number of phenols is 1. The van der Waals surface area contributed by atoms with Crippen LogP contribution in [0.1, 0.15) is 22.3 Å². The average molecular weight is 456 g/mol. The van der Waals surface area contributed by atoms with Crippen LogP contribution in [0.5, 0.6) is 11.5 Å². The molecule has 9 heteroatoms. The van der Waals surface area contributed by atoms with Crippen LogP contribution >= 0.6 is 0 Å². The number of carbonyl (C=O) groups is 1. The maximum absolute atomic E-state index is 13.0. The molecule has 4 N–H and O–H groups in total. The van der Waals surface area contributed by atoms with E-state index in [1.807, 2.05) is 24.3 Å². The Kier molecular flexibility index (Phi) is 5.59. The largest absolute Gasteiger partial charge is 0.507 e. The van der Waals surface area contributed by atoms with Crippen LogP contribution in [0.2, 0.25) is 0 Å². The van der Waals surface area contributed by atoms with Crippen LogP contribution in [0, 0.1) is 0 Å². The molecule has 0 bridgehead atoms. The van der Waals surface area contributed by atoms with Gasteiger partial charge in [-0.15, -0.1) is 0 Å². The summed E-state index contributed by atoms with van der Waals surface area (Å²) in [4.78, 5) is 13.0. The molecule has 0 spiro atoms. The van der Waals surface area contributed by atoms with E-state index in [0.717, 1.165) is 16.5 Å². The summed E-state index contributed by atoms with van der Waals surface area (Å²) in [6.07, 6.45) is -3.31. The highest BCUT2D eigenvalue weighted by Crippen LogP contribution is 2.37. The smallest absolute Gasteiger partial charge is 0.229 e. The summed E-state index contributed by atoms with van der Waals surface area (Å²) in [5.41, 5.74) is -0.0953. The van der Waals surface area contributed by atoms with E-state index < -0.39 is 30.2 Å². The fraction of sp³-hybridized carbons (Fsp3) is 0.375. The van der Waals surface area contributed by atoms with Crippen molar-refractivity contribution >= 4 is 16.8 Å². The molecule has 9 nitrogen and oxygen atoms in total. The SMILES string of the molecule is O=C(CCc1ccc2occc2c1)c1c(O)cccc1O[C@@H]1O[C@@H]2COC[C@]2(O)[C@H](O)[C@H]1O. The van der Waals surface area contributed by atoms with Crippen molar-refractivity contribution in [2.45, 2.75) is 43.0 Å². The van der Waals surface area contributed by atoms with Gasteiger partial charge in [0.25, 0.3) is 0 Å². The molecule has 33 heavy (non-hydrogen) atoms. The standard InChI is InChI=1S/C24H24O9/c25-15-2-1-3-18(32-23-21(27)22(28)24(29)12-30-11-19(24)33-23)20(15)16(26)6-4-13-5-7-17-14(10-13)8-9-31-17/h1-3,5,7-10,19,21-23,25,27-29H,4,6,11-12H2/t19-,21-,22-,23-,24-/m1/s1. The third-order valence-corrected chi connectivity index (χ3v) is 6.26. The summed E-state index contributed by atoms with van der Waals surface area (Å²) in [6, 6.07) is 11.8. The van der Waals surface area contributed by atoms with Crippen LogP contribution < -0.4 is 4.74 Å². The van der Waals surface area contributed by atoms with Crippen molar-refractivity contribution < 1.29 is 43.8 Å². The topological polar surface area (TPSA) is 139 Å². The zero-order valence-electron chi connectivity index (χ0n) is 17.6. The van der Waals surface area contributed by atoms with Gasteiger partial charge in [0, 0.05) is 11.8 Å². The van der Waals surface area contributed by atoms with Crippen molar-refractivity contribution in [3.05, 3.63) is 59.9 Å². The molecule has 0 amide bonds. The van der Waals surface area contributed by atoms with E-state index in [0.29, 0.717) is 6.42 Å². The van der Waals surface area contributed by atoms with Crippen molar-refractivity contribution in [3.8, 4) is 11.5 Å². The fourth-order valence-electron chi connectivity index (χ4n) is 4.36. The van der Waals surface area contributed by atoms with Crippen molar-refractivity contribution in [1.82, 2.24) is 0 Å². The summed E-state index contributed by atoms with van der Waals surface area (Å²) in [7, 11) is 0. The molecule has 1 aromatic heterocycles. The van der Waals surface area contributed by atoms with Gasteiger partial charge in [0.2, 0.25) is 6.29 Å². The number of aryl methyl sites for hydroxylation is 1. The number of hydrogen-bond donors (Lipinski definition) is 4. The lowest BCUT2D eigenvalue weighted by molar-refractivity contribution is -0.294. The number of rotatable bonds is 6. The van der Waals surface area contributed by atoms with E-state index in [4.69, 9.17) is 18.6 Å². The third-order valence-electron chi connectivity index (χ3n) is 6.26. The lowest BCUT2D eigenvalue weighted by Gasteiger charge is -2.43. The molecule has 174 valence electrons. The molecular weight excluding hydrogens is 432 g/mol. The van der Waals surface area contributed by atoms with Crippen LogP contribution in [0.4, 0.5) is 0 Å². The number of fused-ring (bicyclic) bond motifs is 2. The van der Waals surface area contributed by atoms with Gasteiger partial charge in [-0.3, -0.25) is 4.79 Å². The zero-order valence-corrected chi connectivity index (χ0v) is 17.6. The van der Waals surface area contributed by atoms with Gasteiger partial charge in [0.05, 0.1) is 19.5 Å². The van der Waals surface area contributed by atoms with E-state index in [2.05, 4.69) is 0 Å². The number of benzene rings is 2. The summed E-state index contributed by atoms with van der Waals surface area (Å²) < 4.78 is 21.9. The summed E-state index contributed by atoms with van der Waals surface area (Å²) in [5, 5.41) is 42.7. The van der Waals surface area contributed by atoms with Crippen LogP contribution in [0.3, 0.4) is 0 Å². The Hall–Kier alpha value is -2.95. The minimum absolute atomic E-state index is 0.00546. The van der Waals surface area contributed by atoms with Crippen molar-refractivity contribution in [3.63, 3.8) is 0 Å². The maximum atomic E-state index is 13.0. The first-order chi connectivity index (χ1) is 15.9. The van der Waals surface area contributed by atoms with E-state index in [1.165, 1.54) is 18.2 Å². The van der Waals surface area contributed by atoms with Gasteiger partial charge in [-0.2, -0.15) is 0 Å². The Labute approximate surface area is 188 Å². The number of ether oxygens (including phenoxy) is 3. The van der Waals surface area contributed by atoms with Crippen molar-refractivity contribution in [2.75, 3.05) is 13.2 Å². The molecule has 5 atom stereocenters. The molecular formula is C24H24O9. The molecule has 0 saturated carbocycles. The molecule has 2 saturated heterocycles. The molecule has 2 aliphatic rings. The molecule has 0 aliphatic carbocycles. The van der Waals surface area contributed by atoms with E-state index >= 15 is 0 Å². The number of aromatic hydroxyl groups is 1. The molecule has 2 fully saturated rings. The number of aliphatic hydroxyl groups excluding tert-OH is 2. The molecule has 2 aromatic carbocycles. The summed E-state index contributed by atoms with van der Waals surface area (Å²) in [6.45, 7) is -0.157. The summed E-state index contributed by atoms with van der Waals surface area (Å²) >= 11 is 0. The molecule has 3 aromatic rings. The monoisotopic (exact) mass is 456 g/mol. The highest BCUT2D eigenvalue weighted by Gasteiger charge is 2.58. The summed E-state index contributed by atoms with van der Waals surface area (Å²) in [5.74, 6) is -0.623. The highest BCUT2D eigenvalue weighted by molar-refractivity contribution is 6.01. The fourth-order valence-corrected chi connectivity index (χ4v) is 4.36. The van der Waals surface area contributed by atoms with Gasteiger partial charge in [-0.1, -0.05) is 12.1 Å². The number of furan rings is 1. The Bertz CT molecular complexity index is 1170. The van der Waals surface area contributed by atoms with Crippen LogP contribution in [0.15, 0.2) is 53.1 Å². The molecule has 5 rings (SSSR count). The van der Waals surface area contributed by atoms with Crippen LogP contribution in [0.25, 0.3) is 11.0 Å². The second-order valence-corrected chi connectivity index (χ2v) is 8.42. The number of Topliss-reactive ketones (excluding diaryl/α,β-unsaturated/α-hetero) is 1. The minimum atomic E-state index is -1.74. The van der Waals surface area contributed by atoms with Crippen LogP contribution in [-0.4, -0.2) is 69.6 Å². The molecule has 2 aliphatic heterocycles. The number of phenolic OH excluding ortho intramolecular Hbond substituents is 1. The Morgan fingerprint density at radius 1 is 1.18 bits per heavy atom. The van der Waals surface area contributed by atoms with Gasteiger partial charge < -0.3 is 39.1 Å². The quantitative estimate of drug-likeness (QED) is 0.407. The molecule has 0 unspecified atom stereocenters. The number of aliphatic hydroxyl groups is 3. The molecule has 3 heterocycles. The highest BCUT2D eigenvalue weighted by atomic mass is 16.7. The zero-order chi connectivity index (χ0) is 23.2. The number of carbonyl (C=O) groups excluding carboxylic acids is 1. The second-order valence-electron chi connectivity index (χ2n) is 8.42. The average Bonchev–Trinajstić information content (AvgIpc) is 3.42. The van der Waals surface area contributed by atoms with Crippen molar-refractivity contribution in [1.29, 1.82) is 0 Å². The first kappa shape index (κ1) is 21.9. The van der Waals surface area contributed by atoms with Crippen molar-refractivity contribution in [2.24, 2.45) is 0 Å². The van der Waals surface area contributed by atoms with E-state index in [1.54, 1.807) is 6.26 Å². The Morgan fingerprint density at radius 3 is 2.88 bits per heavy atom. The normalized spacial score (nSPS) is 29.2. The van der Waals surface area contributed by atoms with Gasteiger partial charge >= 0.3 is 0 Å². The van der Waals surface area contributed by atoms with Gasteiger partial charge in [0.15, 0.2) is 5.78 Å². The lowest BCUT2D eigenvalue weighted by atomic mass is 9.86. The first-order valence-corrected chi connectivity index (χ1v) is 10.7. The van der Waals surface area contributed by atoms with Crippen LogP contribution in [-0.2, 0) is 15.9 Å². The van der Waals surface area contributed by atoms with E-state index in [-0.39, 0.29) is 42.5 Å². The minimum Gasteiger partial charge on any atom is -0.507 e.